The van der Waals surface area contributed by atoms with E-state index in [4.69, 9.17) is 0 Å². The molecule has 0 heterocycles. The first kappa shape index (κ1) is 9.57. The Morgan fingerprint density at radius 3 is 2.63 bits per heavy atom. The molecule has 0 nitrogen and oxygen atoms in total. The molecule has 0 fully saturated rings. The minimum Gasteiger partial charge on any atom is -0.0716 e. The van der Waals surface area contributed by atoms with E-state index in [0.717, 1.165) is 6.42 Å². The number of hydrogen-bond donors (Lipinski definition) is 0. The van der Waals surface area contributed by atoms with Crippen molar-refractivity contribution < 1.29 is 0 Å². The van der Waals surface area contributed by atoms with Crippen molar-refractivity contribution >= 4 is 21.9 Å². The van der Waals surface area contributed by atoms with Crippen molar-refractivity contribution in [2.75, 3.05) is 0 Å². The highest BCUT2D eigenvalue weighted by Gasteiger charge is 2.29. The van der Waals surface area contributed by atoms with Gasteiger partial charge in [0, 0.05) is 0 Å². The van der Waals surface area contributed by atoms with Crippen LogP contribution >= 0.6 is 0 Å². The summed E-state index contributed by atoms with van der Waals surface area (Å²) in [5, 5.41) is 2.78. The van der Waals surface area contributed by atoms with Crippen molar-refractivity contribution in [1.29, 1.82) is 0 Å². The zero-order chi connectivity index (χ0) is 12.4. The predicted octanol–water partition coefficient (Wildman–Crippen LogP) is 4.89. The maximum Gasteiger partial charge on any atom is -0.00263 e. The molecule has 19 heavy (non-hydrogen) atoms. The number of rotatable bonds is 0. The van der Waals surface area contributed by atoms with E-state index < -0.39 is 0 Å². The summed E-state index contributed by atoms with van der Waals surface area (Å²) >= 11 is 0. The van der Waals surface area contributed by atoms with Crippen LogP contribution in [0.15, 0.2) is 71.8 Å². The van der Waals surface area contributed by atoms with Gasteiger partial charge >= 0.3 is 0 Å². The van der Waals surface area contributed by atoms with Crippen molar-refractivity contribution in [3.63, 3.8) is 0 Å². The van der Waals surface area contributed by atoms with Crippen LogP contribution in [0.5, 0.6) is 0 Å². The van der Waals surface area contributed by atoms with Crippen LogP contribution in [0.25, 0.3) is 21.9 Å². The molecule has 3 aliphatic carbocycles. The Hall–Kier alpha value is -2.34. The maximum atomic E-state index is 2.40. The largest absolute Gasteiger partial charge is 0.0716 e. The zero-order valence-corrected chi connectivity index (χ0v) is 10.5. The number of allylic oxidation sites excluding steroid dienone is 8. The summed E-state index contributed by atoms with van der Waals surface area (Å²) in [5.41, 5.74) is 8.59. The molecule has 88 valence electrons. The average Bonchev–Trinajstić information content (AvgIpc) is 3.04. The molecule has 0 heteroatoms. The molecule has 0 bridgehead atoms. The molecule has 2 aromatic rings. The second-order valence-corrected chi connectivity index (χ2v) is 5.37. The SMILES string of the molecule is C1=CC2=C3C(=CCC2=C1)c1cccc2cccc3c12. The summed E-state index contributed by atoms with van der Waals surface area (Å²) < 4.78 is 0. The van der Waals surface area contributed by atoms with Gasteiger partial charge in [-0.2, -0.15) is 0 Å². The van der Waals surface area contributed by atoms with E-state index in [1.165, 1.54) is 44.2 Å². The molecule has 0 aromatic heterocycles. The summed E-state index contributed by atoms with van der Waals surface area (Å²) in [6.07, 6.45) is 10.1. The van der Waals surface area contributed by atoms with Gasteiger partial charge in [-0.1, -0.05) is 60.7 Å². The van der Waals surface area contributed by atoms with E-state index in [1.54, 1.807) is 0 Å². The molecule has 0 N–H and O–H groups in total. The highest BCUT2D eigenvalue weighted by molar-refractivity contribution is 6.24. The third-order valence-corrected chi connectivity index (χ3v) is 4.44. The fraction of sp³-hybridized carbons (Fsp3) is 0.0526. The van der Waals surface area contributed by atoms with Gasteiger partial charge in [0.25, 0.3) is 0 Å². The lowest BCUT2D eigenvalue weighted by atomic mass is 9.87. The molecule has 0 aliphatic heterocycles. The van der Waals surface area contributed by atoms with Crippen molar-refractivity contribution in [3.05, 3.63) is 83.0 Å². The molecule has 0 spiro atoms. The van der Waals surface area contributed by atoms with Gasteiger partial charge in [0.2, 0.25) is 0 Å². The first-order valence-corrected chi connectivity index (χ1v) is 6.78. The molecule has 0 atom stereocenters. The van der Waals surface area contributed by atoms with Crippen molar-refractivity contribution in [2.45, 2.75) is 6.42 Å². The molecule has 0 saturated heterocycles. The molecule has 3 aliphatic rings. The van der Waals surface area contributed by atoms with Crippen LogP contribution in [-0.2, 0) is 0 Å². The molecule has 2 aromatic carbocycles. The van der Waals surface area contributed by atoms with Crippen molar-refractivity contribution in [2.24, 2.45) is 0 Å². The van der Waals surface area contributed by atoms with E-state index in [0.29, 0.717) is 0 Å². The average molecular weight is 240 g/mol. The minimum absolute atomic E-state index is 1.06. The Morgan fingerprint density at radius 1 is 0.895 bits per heavy atom. The van der Waals surface area contributed by atoms with Gasteiger partial charge in [-0.15, -0.1) is 0 Å². The Kier molecular flexibility index (Phi) is 1.59. The monoisotopic (exact) mass is 240 g/mol. The zero-order valence-electron chi connectivity index (χ0n) is 10.5. The first-order chi connectivity index (χ1) is 9.43. The highest BCUT2D eigenvalue weighted by Crippen LogP contribution is 2.51. The highest BCUT2D eigenvalue weighted by atomic mass is 14.3. The molecular formula is C19H12. The van der Waals surface area contributed by atoms with E-state index in [-0.39, 0.29) is 0 Å². The van der Waals surface area contributed by atoms with Gasteiger partial charge in [0.15, 0.2) is 0 Å². The third kappa shape index (κ3) is 1.05. The Bertz CT molecular complexity index is 865. The lowest BCUT2D eigenvalue weighted by molar-refractivity contribution is 1.25. The molecule has 0 unspecified atom stereocenters. The van der Waals surface area contributed by atoms with Crippen LogP contribution in [0, 0.1) is 0 Å². The van der Waals surface area contributed by atoms with Crippen LogP contribution in [0.2, 0.25) is 0 Å². The summed E-state index contributed by atoms with van der Waals surface area (Å²) in [4.78, 5) is 0. The Balaban J connectivity index is 2.01. The first-order valence-electron chi connectivity index (χ1n) is 6.78. The molecule has 5 rings (SSSR count). The van der Waals surface area contributed by atoms with Crippen LogP contribution < -0.4 is 0 Å². The van der Waals surface area contributed by atoms with E-state index >= 15 is 0 Å². The maximum absolute atomic E-state index is 2.40. The van der Waals surface area contributed by atoms with Gasteiger partial charge < -0.3 is 0 Å². The third-order valence-electron chi connectivity index (χ3n) is 4.44. The van der Waals surface area contributed by atoms with E-state index in [9.17, 15) is 0 Å². The van der Waals surface area contributed by atoms with Crippen molar-refractivity contribution in [3.8, 4) is 0 Å². The van der Waals surface area contributed by atoms with Gasteiger partial charge in [0.1, 0.15) is 0 Å². The lowest BCUT2D eigenvalue weighted by Crippen LogP contribution is -1.95. The fourth-order valence-corrected chi connectivity index (χ4v) is 3.65. The lowest BCUT2D eigenvalue weighted by Gasteiger charge is -2.16. The topological polar surface area (TPSA) is 0 Å². The molecule has 0 saturated carbocycles. The molecule has 0 radical (unpaired) electrons. The second kappa shape index (κ2) is 3.16. The van der Waals surface area contributed by atoms with Gasteiger partial charge in [-0.3, -0.25) is 0 Å². The van der Waals surface area contributed by atoms with E-state index in [2.05, 4.69) is 60.7 Å². The van der Waals surface area contributed by atoms with Crippen molar-refractivity contribution in [1.82, 2.24) is 0 Å². The number of benzene rings is 2. The summed E-state index contributed by atoms with van der Waals surface area (Å²) in [6.45, 7) is 0. The predicted molar refractivity (Wildman–Crippen MR) is 80.7 cm³/mol. The van der Waals surface area contributed by atoms with Crippen LogP contribution in [-0.4, -0.2) is 0 Å². The summed E-state index contributed by atoms with van der Waals surface area (Å²) in [7, 11) is 0. The quantitative estimate of drug-likeness (QED) is 0.615. The van der Waals surface area contributed by atoms with E-state index in [1.807, 2.05) is 0 Å². The van der Waals surface area contributed by atoms with Crippen LogP contribution in [0.4, 0.5) is 0 Å². The van der Waals surface area contributed by atoms with Crippen LogP contribution in [0.1, 0.15) is 17.5 Å². The Labute approximate surface area is 112 Å². The standard InChI is InChI=1S/C19H12/c1-4-12-10-11-16-15-8-2-5-13-6-3-9-17(18(13)15)19(16)14(12)7-1/h1-9,11H,10H2. The van der Waals surface area contributed by atoms with Crippen LogP contribution in [0.3, 0.4) is 0 Å². The fourth-order valence-electron chi connectivity index (χ4n) is 3.65. The summed E-state index contributed by atoms with van der Waals surface area (Å²) in [5.74, 6) is 0. The smallest absolute Gasteiger partial charge is 0.00263 e. The number of hydrogen-bond acceptors (Lipinski definition) is 0. The molecule has 0 amide bonds. The minimum atomic E-state index is 1.06. The summed E-state index contributed by atoms with van der Waals surface area (Å²) in [6, 6.07) is 13.3. The molecular weight excluding hydrogens is 228 g/mol. The van der Waals surface area contributed by atoms with Gasteiger partial charge in [-0.25, -0.2) is 0 Å². The van der Waals surface area contributed by atoms with Gasteiger partial charge in [-0.05, 0) is 50.6 Å². The normalized spacial score (nSPS) is 18.5. The Morgan fingerprint density at radius 2 is 1.74 bits per heavy atom. The number of fused-ring (bicyclic) bond motifs is 4. The second-order valence-electron chi connectivity index (χ2n) is 5.37. The van der Waals surface area contributed by atoms with Gasteiger partial charge in [0.05, 0.1) is 0 Å².